The maximum absolute atomic E-state index is 6.63. The van der Waals surface area contributed by atoms with Crippen LogP contribution in [0, 0.1) is 0 Å². The molecule has 70 heavy (non-hydrogen) atoms. The molecule has 13 aromatic rings. The molecule has 5 heteroatoms. The lowest BCUT2D eigenvalue weighted by Crippen LogP contribution is -2.25. The second-order valence-corrected chi connectivity index (χ2v) is 20.0. The number of para-hydroxylation sites is 2. The molecule has 0 saturated heterocycles. The minimum absolute atomic E-state index is 0.411. The monoisotopic (exact) mass is 907 g/mol. The highest BCUT2D eigenvalue weighted by atomic mass is 32.1. The van der Waals surface area contributed by atoms with Crippen LogP contribution in [0.15, 0.2) is 217 Å². The molecule has 0 atom stereocenters. The Morgan fingerprint density at radius 3 is 1.70 bits per heavy atom. The van der Waals surface area contributed by atoms with Crippen LogP contribution >= 0.6 is 11.3 Å². The van der Waals surface area contributed by atoms with Gasteiger partial charge in [0.2, 0.25) is 0 Å². The minimum Gasteiger partial charge on any atom is -0.455 e. The molecule has 0 saturated carbocycles. The first kappa shape index (κ1) is 38.2. The zero-order valence-corrected chi connectivity index (χ0v) is 38.4. The van der Waals surface area contributed by atoms with E-state index in [-0.39, 0.29) is 0 Å². The molecule has 0 unspecified atom stereocenters. The molecule has 3 aliphatic rings. The van der Waals surface area contributed by atoms with Crippen LogP contribution < -0.4 is 0 Å². The third kappa shape index (κ3) is 5.11. The van der Waals surface area contributed by atoms with E-state index in [1.165, 1.54) is 92.7 Å². The number of fused-ring (bicyclic) bond motifs is 19. The van der Waals surface area contributed by atoms with Crippen molar-refractivity contribution < 1.29 is 4.42 Å². The molecule has 16 rings (SSSR count). The summed E-state index contributed by atoms with van der Waals surface area (Å²) in [5, 5.41) is 4.46. The SMILES string of the molecule is c1ccc2c(c1)-c1ccccc1C21c2ccccc2-c2ccc(-c3ccc4c(c3)-c3c(cccc3-c3nc(-c5cccc6c5oc5ccccc56)nc(-c5cccc6sc7ccccc7c56)n3)C4)cc21. The van der Waals surface area contributed by atoms with Gasteiger partial charge in [0.15, 0.2) is 17.5 Å². The van der Waals surface area contributed by atoms with Gasteiger partial charge >= 0.3 is 0 Å². The largest absolute Gasteiger partial charge is 0.455 e. The van der Waals surface area contributed by atoms with Crippen molar-refractivity contribution in [2.75, 3.05) is 0 Å². The Morgan fingerprint density at radius 1 is 0.371 bits per heavy atom. The Kier molecular flexibility index (Phi) is 7.72. The van der Waals surface area contributed by atoms with Crippen molar-refractivity contribution in [2.24, 2.45) is 0 Å². The van der Waals surface area contributed by atoms with Crippen LogP contribution in [-0.4, -0.2) is 15.0 Å². The molecule has 324 valence electrons. The van der Waals surface area contributed by atoms with Crippen molar-refractivity contribution in [1.29, 1.82) is 0 Å². The van der Waals surface area contributed by atoms with Crippen LogP contribution in [0.2, 0.25) is 0 Å². The van der Waals surface area contributed by atoms with Gasteiger partial charge in [-0.1, -0.05) is 176 Å². The Bertz CT molecular complexity index is 4360. The molecule has 3 aliphatic carbocycles. The maximum Gasteiger partial charge on any atom is 0.167 e. The first-order valence-corrected chi connectivity index (χ1v) is 24.8. The topological polar surface area (TPSA) is 51.8 Å². The van der Waals surface area contributed by atoms with E-state index in [0.717, 1.165) is 50.4 Å². The molecule has 0 aliphatic heterocycles. The first-order valence-electron chi connectivity index (χ1n) is 24.0. The van der Waals surface area contributed by atoms with Crippen LogP contribution in [0.3, 0.4) is 0 Å². The summed E-state index contributed by atoms with van der Waals surface area (Å²) in [4.78, 5) is 16.3. The van der Waals surface area contributed by atoms with E-state index >= 15 is 0 Å². The van der Waals surface area contributed by atoms with Crippen molar-refractivity contribution in [3.8, 4) is 78.7 Å². The predicted molar refractivity (Wildman–Crippen MR) is 286 cm³/mol. The van der Waals surface area contributed by atoms with Gasteiger partial charge in [0.05, 0.1) is 11.0 Å². The Labute approximate surface area is 406 Å². The van der Waals surface area contributed by atoms with E-state index in [2.05, 4.69) is 200 Å². The number of aromatic nitrogens is 3. The molecule has 1 spiro atoms. The average molecular weight is 908 g/mol. The quantitative estimate of drug-likeness (QED) is 0.177. The van der Waals surface area contributed by atoms with Crippen LogP contribution in [-0.2, 0) is 11.8 Å². The Morgan fingerprint density at radius 2 is 0.914 bits per heavy atom. The van der Waals surface area contributed by atoms with Crippen molar-refractivity contribution in [3.05, 3.63) is 246 Å². The van der Waals surface area contributed by atoms with Crippen molar-refractivity contribution in [1.82, 2.24) is 15.0 Å². The molecule has 0 amide bonds. The van der Waals surface area contributed by atoms with Gasteiger partial charge in [-0.3, -0.25) is 0 Å². The summed E-state index contributed by atoms with van der Waals surface area (Å²) < 4.78 is 9.07. The molecule has 3 heterocycles. The summed E-state index contributed by atoms with van der Waals surface area (Å²) >= 11 is 1.80. The number of hydrogen-bond acceptors (Lipinski definition) is 5. The molecular formula is C65H37N3OS. The smallest absolute Gasteiger partial charge is 0.167 e. The Balaban J connectivity index is 0.894. The highest BCUT2D eigenvalue weighted by Gasteiger charge is 2.51. The van der Waals surface area contributed by atoms with E-state index in [1.54, 1.807) is 11.3 Å². The fraction of sp³-hybridized carbons (Fsp3) is 0.0308. The lowest BCUT2D eigenvalue weighted by molar-refractivity contribution is 0.669. The molecule has 4 nitrogen and oxygen atoms in total. The minimum atomic E-state index is -0.411. The first-order chi connectivity index (χ1) is 34.7. The molecule has 0 radical (unpaired) electrons. The predicted octanol–water partition coefficient (Wildman–Crippen LogP) is 16.7. The van der Waals surface area contributed by atoms with Crippen molar-refractivity contribution in [2.45, 2.75) is 11.8 Å². The summed E-state index contributed by atoms with van der Waals surface area (Å²) in [5.74, 6) is 1.85. The number of rotatable bonds is 4. The second kappa shape index (κ2) is 14.1. The molecule has 0 N–H and O–H groups in total. The highest BCUT2D eigenvalue weighted by Crippen LogP contribution is 2.63. The summed E-state index contributed by atoms with van der Waals surface area (Å²) in [6.07, 6.45) is 0.832. The summed E-state index contributed by atoms with van der Waals surface area (Å²) in [6.45, 7) is 0. The third-order valence-electron chi connectivity index (χ3n) is 15.4. The van der Waals surface area contributed by atoms with Crippen molar-refractivity contribution in [3.63, 3.8) is 0 Å². The van der Waals surface area contributed by atoms with Gasteiger partial charge in [0.25, 0.3) is 0 Å². The molecule has 0 bridgehead atoms. The van der Waals surface area contributed by atoms with Gasteiger partial charge in [-0.15, -0.1) is 11.3 Å². The van der Waals surface area contributed by atoms with E-state index in [1.807, 2.05) is 12.1 Å². The lowest BCUT2D eigenvalue weighted by atomic mass is 9.70. The van der Waals surface area contributed by atoms with E-state index in [0.29, 0.717) is 17.5 Å². The fourth-order valence-corrected chi connectivity index (χ4v) is 13.6. The number of thiophene rings is 1. The fourth-order valence-electron chi connectivity index (χ4n) is 12.5. The van der Waals surface area contributed by atoms with Gasteiger partial charge < -0.3 is 4.42 Å². The number of hydrogen-bond donors (Lipinski definition) is 0. The van der Waals surface area contributed by atoms with E-state index < -0.39 is 5.41 Å². The molecule has 0 fully saturated rings. The zero-order valence-electron chi connectivity index (χ0n) is 37.6. The van der Waals surface area contributed by atoms with Gasteiger partial charge in [-0.05, 0) is 121 Å². The van der Waals surface area contributed by atoms with Crippen LogP contribution in [0.25, 0.3) is 121 Å². The van der Waals surface area contributed by atoms with Crippen LogP contribution in [0.1, 0.15) is 33.4 Å². The normalized spacial score (nSPS) is 13.5. The standard InChI is InChI=1S/C65H37N3OS/c1-6-24-52-41(15-1)42-16-2-7-25-53(42)65(52)54-26-8-3-17-43(54)44-33-32-38(36-55(44)65)37-30-31-39-34-40-14-11-21-48(59(40)51(39)35-37)62-66-63(49-22-13-29-58-60(49)47-19-5-10-28-57(47)70-58)68-64(67-62)50-23-12-20-46-45-18-4-9-27-56(45)69-61(46)50/h1-33,35-36H,34H2. The summed E-state index contributed by atoms with van der Waals surface area (Å²) in [5.41, 5.74) is 21.9. The van der Waals surface area contributed by atoms with Gasteiger partial charge in [-0.25, -0.2) is 15.0 Å². The zero-order chi connectivity index (χ0) is 45.7. The lowest BCUT2D eigenvalue weighted by Gasteiger charge is -2.30. The number of furan rings is 1. The second-order valence-electron chi connectivity index (χ2n) is 18.9. The van der Waals surface area contributed by atoms with E-state index in [4.69, 9.17) is 19.4 Å². The summed E-state index contributed by atoms with van der Waals surface area (Å²) in [7, 11) is 0. The highest BCUT2D eigenvalue weighted by molar-refractivity contribution is 7.25. The van der Waals surface area contributed by atoms with Crippen LogP contribution in [0.4, 0.5) is 0 Å². The third-order valence-corrected chi connectivity index (χ3v) is 16.5. The van der Waals surface area contributed by atoms with Gasteiger partial charge in [0, 0.05) is 42.1 Å². The molecular weight excluding hydrogens is 871 g/mol. The van der Waals surface area contributed by atoms with Crippen molar-refractivity contribution >= 4 is 53.4 Å². The van der Waals surface area contributed by atoms with Gasteiger partial charge in [0.1, 0.15) is 11.2 Å². The number of benzene rings is 10. The Hall–Kier alpha value is -8.77. The molecule has 10 aromatic carbocycles. The van der Waals surface area contributed by atoms with E-state index in [9.17, 15) is 0 Å². The number of nitrogens with zero attached hydrogens (tertiary/aromatic N) is 3. The summed E-state index contributed by atoms with van der Waals surface area (Å²) in [6, 6.07) is 77.5. The van der Waals surface area contributed by atoms with Crippen LogP contribution in [0.5, 0.6) is 0 Å². The molecule has 3 aromatic heterocycles. The van der Waals surface area contributed by atoms with Gasteiger partial charge in [-0.2, -0.15) is 0 Å². The average Bonchev–Trinajstić information content (AvgIpc) is 4.23. The maximum atomic E-state index is 6.63.